The molecule has 0 atom stereocenters. The highest BCUT2D eigenvalue weighted by Gasteiger charge is 2.22. The fourth-order valence-electron chi connectivity index (χ4n) is 3.64. The van der Waals surface area contributed by atoms with Gasteiger partial charge in [0.25, 0.3) is 5.91 Å². The third-order valence-electron chi connectivity index (χ3n) is 5.24. The van der Waals surface area contributed by atoms with Crippen LogP contribution in [0.5, 0.6) is 0 Å². The SMILES string of the molecule is CN(Cc1ccccc1)C(=O)c1nc2ccccn2c1CNCCN1CCNC1=O. The molecule has 156 valence electrons. The topological polar surface area (TPSA) is 82.0 Å². The Morgan fingerprint density at radius 2 is 2.00 bits per heavy atom. The molecule has 3 aromatic rings. The number of hydrogen-bond donors (Lipinski definition) is 2. The maximum Gasteiger partial charge on any atom is 0.317 e. The molecule has 1 saturated heterocycles. The van der Waals surface area contributed by atoms with E-state index < -0.39 is 0 Å². The molecule has 0 radical (unpaired) electrons. The molecule has 1 fully saturated rings. The molecular weight excluding hydrogens is 380 g/mol. The Bertz CT molecular complexity index is 1030. The number of rotatable bonds is 8. The van der Waals surface area contributed by atoms with E-state index in [1.54, 1.807) is 16.8 Å². The van der Waals surface area contributed by atoms with Gasteiger partial charge < -0.3 is 24.8 Å². The summed E-state index contributed by atoms with van der Waals surface area (Å²) in [6.07, 6.45) is 1.92. The Morgan fingerprint density at radius 1 is 1.20 bits per heavy atom. The summed E-state index contributed by atoms with van der Waals surface area (Å²) >= 11 is 0. The van der Waals surface area contributed by atoms with Crippen LogP contribution < -0.4 is 10.6 Å². The number of fused-ring (bicyclic) bond motifs is 1. The largest absolute Gasteiger partial charge is 0.336 e. The molecule has 30 heavy (non-hydrogen) atoms. The first kappa shape index (κ1) is 19.9. The summed E-state index contributed by atoms with van der Waals surface area (Å²) in [7, 11) is 1.79. The Hall–Kier alpha value is -3.39. The minimum absolute atomic E-state index is 0.0231. The molecule has 8 nitrogen and oxygen atoms in total. The van der Waals surface area contributed by atoms with E-state index in [2.05, 4.69) is 15.6 Å². The molecular formula is C22H26N6O2. The van der Waals surface area contributed by atoms with Crippen molar-refractivity contribution in [1.29, 1.82) is 0 Å². The van der Waals surface area contributed by atoms with Crippen molar-refractivity contribution >= 4 is 17.6 Å². The molecule has 3 amide bonds. The van der Waals surface area contributed by atoms with Gasteiger partial charge in [0.05, 0.1) is 5.69 Å². The van der Waals surface area contributed by atoms with Crippen molar-refractivity contribution in [2.75, 3.05) is 33.2 Å². The second kappa shape index (κ2) is 8.96. The molecule has 0 bridgehead atoms. The number of nitrogens with zero attached hydrogens (tertiary/aromatic N) is 4. The van der Waals surface area contributed by atoms with Crippen molar-refractivity contribution < 1.29 is 9.59 Å². The minimum atomic E-state index is -0.113. The van der Waals surface area contributed by atoms with Crippen molar-refractivity contribution in [3.8, 4) is 0 Å². The first-order valence-electron chi connectivity index (χ1n) is 10.1. The summed E-state index contributed by atoms with van der Waals surface area (Å²) < 4.78 is 1.94. The molecule has 8 heteroatoms. The van der Waals surface area contributed by atoms with Crippen molar-refractivity contribution in [3.63, 3.8) is 0 Å². The zero-order valence-electron chi connectivity index (χ0n) is 17.0. The second-order valence-electron chi connectivity index (χ2n) is 7.38. The van der Waals surface area contributed by atoms with Crippen LogP contribution in [0.2, 0.25) is 0 Å². The average molecular weight is 406 g/mol. The van der Waals surface area contributed by atoms with Crippen LogP contribution in [-0.4, -0.2) is 64.3 Å². The summed E-state index contributed by atoms with van der Waals surface area (Å²) in [5, 5.41) is 6.16. The molecule has 0 spiro atoms. The normalized spacial score (nSPS) is 13.6. The number of aromatic nitrogens is 2. The fraction of sp³-hybridized carbons (Fsp3) is 0.318. The van der Waals surface area contributed by atoms with Gasteiger partial charge in [-0.15, -0.1) is 0 Å². The molecule has 2 aromatic heterocycles. The number of benzene rings is 1. The van der Waals surface area contributed by atoms with Gasteiger partial charge in [0, 0.05) is 52.5 Å². The van der Waals surface area contributed by atoms with Gasteiger partial charge in [0.15, 0.2) is 5.69 Å². The lowest BCUT2D eigenvalue weighted by Crippen LogP contribution is -2.35. The predicted molar refractivity (Wildman–Crippen MR) is 114 cm³/mol. The van der Waals surface area contributed by atoms with Crippen molar-refractivity contribution in [3.05, 3.63) is 71.7 Å². The third-order valence-corrected chi connectivity index (χ3v) is 5.24. The monoisotopic (exact) mass is 406 g/mol. The highest BCUT2D eigenvalue weighted by Crippen LogP contribution is 2.16. The smallest absolute Gasteiger partial charge is 0.317 e. The van der Waals surface area contributed by atoms with Gasteiger partial charge in [0.2, 0.25) is 0 Å². The van der Waals surface area contributed by atoms with Gasteiger partial charge in [-0.1, -0.05) is 36.4 Å². The average Bonchev–Trinajstić information content (AvgIpc) is 3.34. The number of imidazole rings is 1. The van der Waals surface area contributed by atoms with Crippen molar-refractivity contribution in [1.82, 2.24) is 29.8 Å². The molecule has 3 heterocycles. The van der Waals surface area contributed by atoms with Crippen LogP contribution in [-0.2, 0) is 13.1 Å². The van der Waals surface area contributed by atoms with E-state index in [0.717, 1.165) is 23.4 Å². The zero-order chi connectivity index (χ0) is 20.9. The number of carbonyl (C=O) groups excluding carboxylic acids is 2. The summed E-state index contributed by atoms with van der Waals surface area (Å²) in [5.74, 6) is -0.113. The van der Waals surface area contributed by atoms with Gasteiger partial charge in [0.1, 0.15) is 5.65 Å². The molecule has 2 N–H and O–H groups in total. The fourth-order valence-corrected chi connectivity index (χ4v) is 3.64. The maximum atomic E-state index is 13.2. The Balaban J connectivity index is 1.48. The van der Waals surface area contributed by atoms with Gasteiger partial charge in [-0.3, -0.25) is 4.79 Å². The van der Waals surface area contributed by atoms with Gasteiger partial charge in [-0.25, -0.2) is 9.78 Å². The highest BCUT2D eigenvalue weighted by atomic mass is 16.2. The van der Waals surface area contributed by atoms with Gasteiger partial charge in [-0.2, -0.15) is 0 Å². The second-order valence-corrected chi connectivity index (χ2v) is 7.38. The predicted octanol–water partition coefficient (Wildman–Crippen LogP) is 1.72. The number of amides is 3. The van der Waals surface area contributed by atoms with Crippen molar-refractivity contribution in [2.24, 2.45) is 0 Å². The quantitative estimate of drug-likeness (QED) is 0.558. The Labute approximate surface area is 175 Å². The number of carbonyl (C=O) groups is 2. The highest BCUT2D eigenvalue weighted by molar-refractivity contribution is 5.94. The number of urea groups is 1. The van der Waals surface area contributed by atoms with E-state index in [-0.39, 0.29) is 11.9 Å². The minimum Gasteiger partial charge on any atom is -0.336 e. The van der Waals surface area contributed by atoms with Crippen LogP contribution in [0.15, 0.2) is 54.7 Å². The first-order valence-corrected chi connectivity index (χ1v) is 10.1. The standard InChI is InChI=1S/C22H26N6O2/c1-26(16-17-7-3-2-4-8-17)21(29)20-18(28-12-6-5-9-19(28)25-20)15-23-10-13-27-14-11-24-22(27)30/h2-9,12,23H,10-11,13-16H2,1H3,(H,24,30). The van der Waals surface area contributed by atoms with Crippen molar-refractivity contribution in [2.45, 2.75) is 13.1 Å². The summed E-state index contributed by atoms with van der Waals surface area (Å²) in [6, 6.07) is 15.6. The first-order chi connectivity index (χ1) is 14.6. The molecule has 1 aliphatic rings. The molecule has 1 aromatic carbocycles. The summed E-state index contributed by atoms with van der Waals surface area (Å²) in [6.45, 7) is 3.69. The maximum absolute atomic E-state index is 13.2. The number of hydrogen-bond acceptors (Lipinski definition) is 4. The van der Waals surface area contributed by atoms with Gasteiger partial charge >= 0.3 is 6.03 Å². The van der Waals surface area contributed by atoms with E-state index in [0.29, 0.717) is 38.4 Å². The van der Waals surface area contributed by atoms with E-state index in [1.807, 2.05) is 59.1 Å². The van der Waals surface area contributed by atoms with Crippen LogP contribution in [0.3, 0.4) is 0 Å². The summed E-state index contributed by atoms with van der Waals surface area (Å²) in [5.41, 5.74) is 3.08. The number of pyridine rings is 1. The lowest BCUT2D eigenvalue weighted by molar-refractivity contribution is 0.0778. The zero-order valence-corrected chi connectivity index (χ0v) is 17.0. The van der Waals surface area contributed by atoms with Crippen LogP contribution in [0.4, 0.5) is 4.79 Å². The molecule has 0 saturated carbocycles. The molecule has 0 aliphatic carbocycles. The van der Waals surface area contributed by atoms with E-state index in [9.17, 15) is 9.59 Å². The molecule has 1 aliphatic heterocycles. The van der Waals surface area contributed by atoms with Gasteiger partial charge in [-0.05, 0) is 17.7 Å². The molecule has 0 unspecified atom stereocenters. The third kappa shape index (κ3) is 4.28. The lowest BCUT2D eigenvalue weighted by atomic mass is 10.2. The van der Waals surface area contributed by atoms with Crippen LogP contribution in [0, 0.1) is 0 Å². The summed E-state index contributed by atoms with van der Waals surface area (Å²) in [4.78, 5) is 32.9. The van der Waals surface area contributed by atoms with Crippen LogP contribution in [0.25, 0.3) is 5.65 Å². The van der Waals surface area contributed by atoms with E-state index in [4.69, 9.17) is 0 Å². The Kier molecular flexibility index (Phi) is 5.94. The van der Waals surface area contributed by atoms with Crippen LogP contribution in [0.1, 0.15) is 21.7 Å². The Morgan fingerprint density at radius 3 is 2.77 bits per heavy atom. The molecule has 4 rings (SSSR count). The lowest BCUT2D eigenvalue weighted by Gasteiger charge is -2.17. The van der Waals surface area contributed by atoms with E-state index in [1.165, 1.54) is 0 Å². The van der Waals surface area contributed by atoms with Crippen LogP contribution >= 0.6 is 0 Å². The number of nitrogens with one attached hydrogen (secondary N) is 2. The van der Waals surface area contributed by atoms with E-state index >= 15 is 0 Å².